The standard InChI is InChI=1S/C10H11NO2.C9H13NO.C9H12.C8H11NO.C7H8.CH3NO.CH2O/c1-7-4-8(2-3-12)6-9(5-7)10(11)13;1-10(2)8-4-6-9(11-3)7-5-8;1-2-6-9-7-4-3-5-8-9;1-9-7-3-5-8(10-2)6-4-7;1-7-5-3-2-4-6-7;2-1-3;1-2/h3-6H,2H2,1H3,(H2,11,13);4-7H,1-3H3;3-5,7-8H,2,6H2,1H3;3-6,9H,1-2H3;2-6H,1H3;1H,(H2,2,3);1H2. The molecule has 0 saturated carbocycles. The van der Waals surface area contributed by atoms with E-state index in [9.17, 15) is 9.59 Å². The number of nitrogens with two attached hydrogens (primary N) is 2. The van der Waals surface area contributed by atoms with Crippen molar-refractivity contribution in [3.8, 4) is 11.5 Å². The number of carbonyl (C=O) groups is 4. The lowest BCUT2D eigenvalue weighted by Crippen LogP contribution is -2.11. The van der Waals surface area contributed by atoms with Crippen LogP contribution in [0.3, 0.4) is 0 Å². The average Bonchev–Trinajstić information content (AvgIpc) is 3.21. The van der Waals surface area contributed by atoms with Crippen molar-refractivity contribution in [1.82, 2.24) is 0 Å². The summed E-state index contributed by atoms with van der Waals surface area (Å²) in [6.07, 6.45) is 3.83. The van der Waals surface area contributed by atoms with Gasteiger partial charge in [-0.3, -0.25) is 9.59 Å². The molecule has 0 aromatic heterocycles. The van der Waals surface area contributed by atoms with Crippen molar-refractivity contribution in [2.75, 3.05) is 45.6 Å². The Labute approximate surface area is 328 Å². The number of aryl methyl sites for hydroxylation is 3. The maximum atomic E-state index is 10.8. The van der Waals surface area contributed by atoms with E-state index in [0.717, 1.165) is 34.6 Å². The van der Waals surface area contributed by atoms with E-state index in [1.54, 1.807) is 26.4 Å². The summed E-state index contributed by atoms with van der Waals surface area (Å²) in [5.41, 5.74) is 16.6. The van der Waals surface area contributed by atoms with Crippen LogP contribution in [0.15, 0.2) is 127 Å². The van der Waals surface area contributed by atoms with Crippen molar-refractivity contribution >= 4 is 36.8 Å². The molecule has 0 unspecified atom stereocenters. The van der Waals surface area contributed by atoms with Gasteiger partial charge in [-0.25, -0.2) is 0 Å². The molecule has 0 radical (unpaired) electrons. The van der Waals surface area contributed by atoms with E-state index in [-0.39, 0.29) is 6.41 Å². The number of aldehydes is 1. The molecule has 55 heavy (non-hydrogen) atoms. The lowest BCUT2D eigenvalue weighted by molar-refractivity contribution is -0.107. The van der Waals surface area contributed by atoms with Gasteiger partial charge in [-0.1, -0.05) is 91.2 Å². The largest absolute Gasteiger partial charge is 0.497 e. The van der Waals surface area contributed by atoms with E-state index in [4.69, 9.17) is 24.8 Å². The van der Waals surface area contributed by atoms with Crippen molar-refractivity contribution in [1.29, 1.82) is 0 Å². The molecule has 0 spiro atoms. The number of ether oxygens (including phenoxy) is 2. The molecular formula is C45H60N4O6. The zero-order chi connectivity index (χ0) is 41.9. The van der Waals surface area contributed by atoms with Gasteiger partial charge in [-0.05, 0) is 92.1 Å². The van der Waals surface area contributed by atoms with Crippen LogP contribution >= 0.6 is 0 Å². The van der Waals surface area contributed by atoms with Crippen LogP contribution in [-0.4, -0.2) is 60.8 Å². The van der Waals surface area contributed by atoms with E-state index in [1.165, 1.54) is 29.7 Å². The number of amides is 2. The number of carbonyl (C=O) groups excluding carboxylic acids is 4. The maximum Gasteiger partial charge on any atom is 0.248 e. The Morgan fingerprint density at radius 3 is 1.56 bits per heavy atom. The molecule has 10 heteroatoms. The zero-order valence-electron chi connectivity index (χ0n) is 33.7. The Balaban J connectivity index is 0. The average molecular weight is 753 g/mol. The third kappa shape index (κ3) is 26.1. The SMILES string of the molecule is C=O.CCCc1ccccc1.CNc1ccc(OC)cc1.COc1ccc(N(C)C)cc1.Cc1cc(CC=O)cc(C(N)=O)c1.Cc1ccccc1.NC=O. The van der Waals surface area contributed by atoms with Crippen molar-refractivity contribution in [2.45, 2.75) is 40.0 Å². The predicted octanol–water partition coefficient (Wildman–Crippen LogP) is 7.88. The van der Waals surface area contributed by atoms with Crippen molar-refractivity contribution in [3.05, 3.63) is 155 Å². The van der Waals surface area contributed by atoms with Gasteiger partial charge in [0.05, 0.1) is 14.2 Å². The highest BCUT2D eigenvalue weighted by Gasteiger charge is 2.02. The number of hydrogen-bond acceptors (Lipinski definition) is 8. The molecule has 0 aliphatic rings. The Morgan fingerprint density at radius 1 is 0.727 bits per heavy atom. The Kier molecular flexibility index (Phi) is 30.8. The van der Waals surface area contributed by atoms with Crippen LogP contribution in [0.5, 0.6) is 11.5 Å². The maximum absolute atomic E-state index is 10.8. The highest BCUT2D eigenvalue weighted by atomic mass is 16.5. The van der Waals surface area contributed by atoms with Crippen LogP contribution in [0.25, 0.3) is 0 Å². The summed E-state index contributed by atoms with van der Waals surface area (Å²) in [6.45, 7) is 8.15. The number of rotatable bonds is 9. The number of anilines is 2. The second-order valence-electron chi connectivity index (χ2n) is 11.5. The third-order valence-corrected chi connectivity index (χ3v) is 7.03. The zero-order valence-corrected chi connectivity index (χ0v) is 33.7. The molecule has 0 aliphatic carbocycles. The first-order chi connectivity index (χ1) is 26.5. The fraction of sp³-hybridized carbons (Fsp3) is 0.244. The Morgan fingerprint density at radius 2 is 1.20 bits per heavy atom. The quantitative estimate of drug-likeness (QED) is 0.129. The lowest BCUT2D eigenvalue weighted by Gasteiger charge is -2.11. The van der Waals surface area contributed by atoms with Gasteiger partial charge in [-0.2, -0.15) is 0 Å². The van der Waals surface area contributed by atoms with Crippen LogP contribution in [0, 0.1) is 13.8 Å². The van der Waals surface area contributed by atoms with Crippen LogP contribution in [0.2, 0.25) is 0 Å². The summed E-state index contributed by atoms with van der Waals surface area (Å²) in [7, 11) is 9.25. The predicted molar refractivity (Wildman–Crippen MR) is 228 cm³/mol. The summed E-state index contributed by atoms with van der Waals surface area (Å²) in [5, 5.41) is 3.02. The van der Waals surface area contributed by atoms with Crippen LogP contribution < -0.4 is 31.2 Å². The number of hydrogen-bond donors (Lipinski definition) is 3. The summed E-state index contributed by atoms with van der Waals surface area (Å²) in [4.78, 5) is 39.7. The topological polar surface area (TPSA) is 154 Å². The first-order valence-corrected chi connectivity index (χ1v) is 17.4. The van der Waals surface area contributed by atoms with Gasteiger partial charge in [0.2, 0.25) is 12.3 Å². The smallest absolute Gasteiger partial charge is 0.248 e. The molecule has 5 aromatic rings. The lowest BCUT2D eigenvalue weighted by atomic mass is 10.0. The fourth-order valence-electron chi connectivity index (χ4n) is 4.32. The molecule has 5 N–H and O–H groups in total. The molecular weight excluding hydrogens is 693 g/mol. The Bertz CT molecular complexity index is 1660. The third-order valence-electron chi connectivity index (χ3n) is 7.03. The second-order valence-corrected chi connectivity index (χ2v) is 11.5. The molecule has 0 fully saturated rings. The summed E-state index contributed by atoms with van der Waals surface area (Å²) in [5.74, 6) is 1.32. The molecule has 0 saturated heterocycles. The van der Waals surface area contributed by atoms with Crippen LogP contribution in [0.1, 0.15) is 46.0 Å². The van der Waals surface area contributed by atoms with Crippen molar-refractivity contribution in [3.63, 3.8) is 0 Å². The molecule has 0 atom stereocenters. The molecule has 5 aromatic carbocycles. The van der Waals surface area contributed by atoms with Gasteiger partial charge < -0.3 is 40.7 Å². The van der Waals surface area contributed by atoms with E-state index in [1.807, 2.05) is 108 Å². The molecule has 0 heterocycles. The molecule has 5 rings (SSSR count). The monoisotopic (exact) mass is 752 g/mol. The molecule has 296 valence electrons. The van der Waals surface area contributed by atoms with E-state index >= 15 is 0 Å². The van der Waals surface area contributed by atoms with E-state index < -0.39 is 5.91 Å². The van der Waals surface area contributed by atoms with Gasteiger partial charge in [0.25, 0.3) is 0 Å². The van der Waals surface area contributed by atoms with Gasteiger partial charge in [-0.15, -0.1) is 0 Å². The normalized spacial score (nSPS) is 8.73. The van der Waals surface area contributed by atoms with Gasteiger partial charge in [0.15, 0.2) is 0 Å². The van der Waals surface area contributed by atoms with Crippen LogP contribution in [0.4, 0.5) is 11.4 Å². The minimum atomic E-state index is -0.462. The number of nitrogens with zero attached hydrogens (tertiary/aromatic N) is 1. The van der Waals surface area contributed by atoms with E-state index in [2.05, 4.69) is 72.3 Å². The molecule has 10 nitrogen and oxygen atoms in total. The minimum Gasteiger partial charge on any atom is -0.497 e. The fourth-order valence-corrected chi connectivity index (χ4v) is 4.32. The first-order valence-electron chi connectivity index (χ1n) is 17.4. The van der Waals surface area contributed by atoms with E-state index in [0.29, 0.717) is 12.0 Å². The highest BCUT2D eigenvalue weighted by Crippen LogP contribution is 2.16. The first kappa shape index (κ1) is 50.7. The van der Waals surface area contributed by atoms with Gasteiger partial charge >= 0.3 is 0 Å². The second kappa shape index (κ2) is 33.4. The number of benzene rings is 5. The minimum absolute atomic E-state index is 0.250. The highest BCUT2D eigenvalue weighted by molar-refractivity contribution is 5.93. The molecule has 0 bridgehead atoms. The number of nitrogens with one attached hydrogen (secondary N) is 1. The van der Waals surface area contributed by atoms with Gasteiger partial charge in [0, 0.05) is 44.5 Å². The summed E-state index contributed by atoms with van der Waals surface area (Å²) < 4.78 is 10.0. The molecule has 2 amide bonds. The summed E-state index contributed by atoms with van der Waals surface area (Å²) >= 11 is 0. The summed E-state index contributed by atoms with van der Waals surface area (Å²) in [6, 6.07) is 41.8. The van der Waals surface area contributed by atoms with Gasteiger partial charge in [0.1, 0.15) is 24.6 Å². The number of methoxy groups -OCH3 is 2. The van der Waals surface area contributed by atoms with Crippen LogP contribution in [-0.2, 0) is 27.2 Å². The Hall–Kier alpha value is -6.42. The molecule has 0 aliphatic heterocycles. The van der Waals surface area contributed by atoms with Crippen molar-refractivity contribution < 1.29 is 28.7 Å². The number of primary amides is 2. The van der Waals surface area contributed by atoms with Crippen molar-refractivity contribution in [2.24, 2.45) is 11.5 Å².